The van der Waals surface area contributed by atoms with Crippen LogP contribution < -0.4 is 0 Å². The van der Waals surface area contributed by atoms with Crippen LogP contribution in [0.4, 0.5) is 13.2 Å². The molecule has 1 aromatic heterocycles. The second kappa shape index (κ2) is 8.52. The third kappa shape index (κ3) is 4.75. The van der Waals surface area contributed by atoms with E-state index in [0.29, 0.717) is 12.1 Å². The summed E-state index contributed by atoms with van der Waals surface area (Å²) in [6.07, 6.45) is 0.426. The highest BCUT2D eigenvalue weighted by molar-refractivity contribution is 7.99. The summed E-state index contributed by atoms with van der Waals surface area (Å²) in [7, 11) is 1.29. The van der Waals surface area contributed by atoms with E-state index in [0.717, 1.165) is 11.0 Å². The summed E-state index contributed by atoms with van der Waals surface area (Å²) >= 11 is 1.30. The quantitative estimate of drug-likeness (QED) is 0.416. The Balaban J connectivity index is 1.94. The number of esters is 1. The molecule has 2 aromatic carbocycles. The van der Waals surface area contributed by atoms with Gasteiger partial charge in [-0.15, -0.1) is 11.8 Å². The number of methoxy groups -OCH3 is 1. The number of ether oxygens (including phenoxy) is 1. The molecular formula is C20H17F3N2O2S. The number of hydrogen-bond acceptors (Lipinski definition) is 4. The normalized spacial score (nSPS) is 12.6. The molecule has 0 fully saturated rings. The molecule has 0 saturated carbocycles. The van der Waals surface area contributed by atoms with E-state index in [1.54, 1.807) is 53.6 Å². The van der Waals surface area contributed by atoms with Gasteiger partial charge >= 0.3 is 12.1 Å². The van der Waals surface area contributed by atoms with Crippen LogP contribution in [-0.2, 0) is 17.5 Å². The van der Waals surface area contributed by atoms with Crippen LogP contribution in [0.2, 0.25) is 0 Å². The smallest absolute Gasteiger partial charge is 0.416 e. The topological polar surface area (TPSA) is 44.1 Å². The van der Waals surface area contributed by atoms with Gasteiger partial charge in [0.1, 0.15) is 0 Å². The molecule has 0 radical (unpaired) electrons. The van der Waals surface area contributed by atoms with Crippen molar-refractivity contribution in [2.75, 3.05) is 7.11 Å². The van der Waals surface area contributed by atoms with Crippen LogP contribution in [0.5, 0.6) is 0 Å². The summed E-state index contributed by atoms with van der Waals surface area (Å²) in [4.78, 5) is 16.3. The highest BCUT2D eigenvalue weighted by Gasteiger charge is 2.35. The molecule has 28 heavy (non-hydrogen) atoms. The molecule has 1 atom stereocenters. The van der Waals surface area contributed by atoms with E-state index < -0.39 is 23.0 Å². The Morgan fingerprint density at radius 1 is 1.18 bits per heavy atom. The monoisotopic (exact) mass is 406 g/mol. The number of nitrogens with zero attached hydrogens (tertiary/aromatic N) is 2. The largest absolute Gasteiger partial charge is 0.465 e. The van der Waals surface area contributed by atoms with E-state index in [2.05, 4.69) is 9.72 Å². The molecule has 0 saturated heterocycles. The van der Waals surface area contributed by atoms with Gasteiger partial charge in [-0.2, -0.15) is 13.2 Å². The number of carbonyl (C=O) groups is 1. The predicted octanol–water partition coefficient (Wildman–Crippen LogP) is 5.22. The molecule has 1 unspecified atom stereocenters. The minimum absolute atomic E-state index is 0.200. The molecular weight excluding hydrogens is 389 g/mol. The van der Waals surface area contributed by atoms with Crippen molar-refractivity contribution in [1.82, 2.24) is 9.55 Å². The number of hydrogen-bond donors (Lipinski definition) is 0. The number of imidazole rings is 1. The summed E-state index contributed by atoms with van der Waals surface area (Å²) in [5.41, 5.74) is -0.0711. The van der Waals surface area contributed by atoms with Crippen molar-refractivity contribution in [2.24, 2.45) is 0 Å². The first-order valence-electron chi connectivity index (χ1n) is 8.35. The van der Waals surface area contributed by atoms with E-state index in [-0.39, 0.29) is 5.56 Å². The second-order valence-electron chi connectivity index (χ2n) is 5.97. The Morgan fingerprint density at radius 2 is 1.89 bits per heavy atom. The van der Waals surface area contributed by atoms with Crippen molar-refractivity contribution in [3.05, 3.63) is 83.9 Å². The van der Waals surface area contributed by atoms with Gasteiger partial charge in [0.05, 0.1) is 29.8 Å². The highest BCUT2D eigenvalue weighted by Crippen LogP contribution is 2.42. The molecule has 3 rings (SSSR count). The van der Waals surface area contributed by atoms with Gasteiger partial charge in [-0.1, -0.05) is 18.2 Å². The first-order chi connectivity index (χ1) is 13.4. The van der Waals surface area contributed by atoms with Crippen LogP contribution in [0.25, 0.3) is 0 Å². The van der Waals surface area contributed by atoms with E-state index in [4.69, 9.17) is 0 Å². The van der Waals surface area contributed by atoms with E-state index in [9.17, 15) is 18.0 Å². The first-order valence-corrected chi connectivity index (χ1v) is 9.23. The molecule has 0 aliphatic heterocycles. The second-order valence-corrected chi connectivity index (χ2v) is 7.24. The lowest BCUT2D eigenvalue weighted by molar-refractivity contribution is -0.138. The lowest BCUT2D eigenvalue weighted by Crippen LogP contribution is -2.13. The number of thioether (sulfide) groups is 1. The SMILES string of the molecule is COC(=O)c1ccc(SC(Cn2ccnc2)c2ccccc2C(F)(F)F)cc1. The zero-order valence-electron chi connectivity index (χ0n) is 14.9. The minimum Gasteiger partial charge on any atom is -0.465 e. The van der Waals surface area contributed by atoms with Gasteiger partial charge in [-0.3, -0.25) is 0 Å². The Labute approximate surface area is 164 Å². The zero-order valence-corrected chi connectivity index (χ0v) is 15.7. The minimum atomic E-state index is -4.45. The molecule has 146 valence electrons. The van der Waals surface area contributed by atoms with Crippen molar-refractivity contribution in [2.45, 2.75) is 22.9 Å². The van der Waals surface area contributed by atoms with Crippen molar-refractivity contribution in [3.63, 3.8) is 0 Å². The fraction of sp³-hybridized carbons (Fsp3) is 0.200. The summed E-state index contributed by atoms with van der Waals surface area (Å²) in [6, 6.07) is 12.2. The van der Waals surface area contributed by atoms with Gasteiger partial charge in [0.15, 0.2) is 0 Å². The molecule has 0 aliphatic carbocycles. The lowest BCUT2D eigenvalue weighted by atomic mass is 10.0. The molecule has 0 aliphatic rings. The standard InChI is InChI=1S/C20H17F3N2O2S/c1-27-19(26)14-6-8-15(9-7-14)28-18(12-25-11-10-24-13-25)16-4-2-3-5-17(16)20(21,22)23/h2-11,13,18H,12H2,1H3. The maximum atomic E-state index is 13.5. The van der Waals surface area contributed by atoms with Gasteiger partial charge in [0, 0.05) is 23.8 Å². The Morgan fingerprint density at radius 3 is 2.50 bits per heavy atom. The molecule has 0 N–H and O–H groups in total. The molecule has 4 nitrogen and oxygen atoms in total. The van der Waals surface area contributed by atoms with E-state index in [1.165, 1.54) is 31.0 Å². The first kappa shape index (κ1) is 20.0. The summed E-state index contributed by atoms with van der Waals surface area (Å²) in [6.45, 7) is 0.316. The van der Waals surface area contributed by atoms with Gasteiger partial charge in [-0.25, -0.2) is 9.78 Å². The summed E-state index contributed by atoms with van der Waals surface area (Å²) < 4.78 is 47.0. The number of carbonyl (C=O) groups excluding carboxylic acids is 1. The van der Waals surface area contributed by atoms with Crippen LogP contribution in [-0.4, -0.2) is 22.6 Å². The Bertz CT molecular complexity index is 925. The van der Waals surface area contributed by atoms with Gasteiger partial charge < -0.3 is 9.30 Å². The molecule has 0 bridgehead atoms. The van der Waals surface area contributed by atoms with Crippen molar-refractivity contribution >= 4 is 17.7 Å². The molecule has 0 spiro atoms. The van der Waals surface area contributed by atoms with Gasteiger partial charge in [-0.05, 0) is 35.9 Å². The number of alkyl halides is 3. The maximum absolute atomic E-state index is 13.5. The van der Waals surface area contributed by atoms with Crippen LogP contribution in [0, 0.1) is 0 Å². The number of benzene rings is 2. The fourth-order valence-corrected chi connectivity index (χ4v) is 3.97. The van der Waals surface area contributed by atoms with Crippen LogP contribution in [0.3, 0.4) is 0 Å². The van der Waals surface area contributed by atoms with Crippen LogP contribution in [0.1, 0.15) is 26.7 Å². The van der Waals surface area contributed by atoms with Crippen LogP contribution in [0.15, 0.2) is 72.1 Å². The summed E-state index contributed by atoms with van der Waals surface area (Å²) in [5, 5.41) is -0.504. The van der Waals surface area contributed by atoms with Crippen molar-refractivity contribution in [3.8, 4) is 0 Å². The Kier molecular flexibility index (Phi) is 6.08. The van der Waals surface area contributed by atoms with E-state index >= 15 is 0 Å². The van der Waals surface area contributed by atoms with Crippen molar-refractivity contribution < 1.29 is 22.7 Å². The predicted molar refractivity (Wildman–Crippen MR) is 100 cm³/mol. The number of aromatic nitrogens is 2. The molecule has 3 aromatic rings. The lowest BCUT2D eigenvalue weighted by Gasteiger charge is -2.22. The average molecular weight is 406 g/mol. The molecule has 1 heterocycles. The highest BCUT2D eigenvalue weighted by atomic mass is 32.2. The van der Waals surface area contributed by atoms with E-state index in [1.807, 2.05) is 0 Å². The van der Waals surface area contributed by atoms with Crippen molar-refractivity contribution in [1.29, 1.82) is 0 Å². The number of rotatable bonds is 6. The zero-order chi connectivity index (χ0) is 20.1. The molecule has 0 amide bonds. The van der Waals surface area contributed by atoms with Gasteiger partial charge in [0.25, 0.3) is 0 Å². The van der Waals surface area contributed by atoms with Gasteiger partial charge in [0.2, 0.25) is 0 Å². The Hall–Kier alpha value is -2.74. The average Bonchev–Trinajstić information content (AvgIpc) is 3.20. The fourth-order valence-electron chi connectivity index (χ4n) is 2.77. The maximum Gasteiger partial charge on any atom is 0.416 e. The van der Waals surface area contributed by atoms with Crippen LogP contribution >= 0.6 is 11.8 Å². The number of halogens is 3. The third-order valence-corrected chi connectivity index (χ3v) is 5.33. The summed E-state index contributed by atoms with van der Waals surface area (Å²) in [5.74, 6) is -0.464. The molecule has 8 heteroatoms. The third-order valence-electron chi connectivity index (χ3n) is 4.10.